The minimum absolute atomic E-state index is 0.232. The molecule has 1 saturated carbocycles. The largest absolute Gasteiger partial charge is 0.462 e. The minimum Gasteiger partial charge on any atom is -0.462 e. The average molecular weight is 283 g/mol. The maximum Gasteiger partial charge on any atom is 0.302 e. The lowest BCUT2D eigenvalue weighted by molar-refractivity contribution is -0.139. The van der Waals surface area contributed by atoms with Crippen LogP contribution in [0.25, 0.3) is 0 Å². The van der Waals surface area contributed by atoms with Crippen LogP contribution < -0.4 is 0 Å². The summed E-state index contributed by atoms with van der Waals surface area (Å²) < 4.78 is 4.89. The maximum atomic E-state index is 10.7. The van der Waals surface area contributed by atoms with Gasteiger partial charge in [0.1, 0.15) is 6.61 Å². The summed E-state index contributed by atoms with van der Waals surface area (Å²) in [5.41, 5.74) is 2.07. The molecule has 0 atom stereocenters. The van der Waals surface area contributed by atoms with Crippen molar-refractivity contribution in [2.24, 2.45) is 5.92 Å². The Morgan fingerprint density at radius 3 is 2.52 bits per heavy atom. The minimum atomic E-state index is -0.232. The fourth-order valence-corrected chi connectivity index (χ4v) is 2.89. The first-order valence-corrected chi connectivity index (χ1v) is 7.49. The highest BCUT2D eigenvalue weighted by atomic mass is 16.5. The summed E-state index contributed by atoms with van der Waals surface area (Å²) in [7, 11) is 0. The second-order valence-electron chi connectivity index (χ2n) is 5.58. The van der Waals surface area contributed by atoms with Crippen LogP contribution in [0.5, 0.6) is 0 Å². The van der Waals surface area contributed by atoms with Crippen molar-refractivity contribution in [2.45, 2.75) is 38.5 Å². The first-order valence-electron chi connectivity index (χ1n) is 7.49. The van der Waals surface area contributed by atoms with Crippen LogP contribution in [0.4, 0.5) is 0 Å². The van der Waals surface area contributed by atoms with Crippen LogP contribution in [0.2, 0.25) is 0 Å². The fourth-order valence-electron chi connectivity index (χ4n) is 2.89. The molecule has 1 aliphatic carbocycles. The molecule has 3 heteroatoms. The zero-order chi connectivity index (χ0) is 15.1. The molecule has 0 aliphatic heterocycles. The van der Waals surface area contributed by atoms with Gasteiger partial charge in [-0.05, 0) is 55.2 Å². The van der Waals surface area contributed by atoms with Crippen LogP contribution in [-0.2, 0) is 9.53 Å². The van der Waals surface area contributed by atoms with Crippen LogP contribution in [0.15, 0.2) is 36.4 Å². The Labute approximate surface area is 126 Å². The highest BCUT2D eigenvalue weighted by Crippen LogP contribution is 2.36. The third-order valence-electron chi connectivity index (χ3n) is 4.07. The van der Waals surface area contributed by atoms with Gasteiger partial charge >= 0.3 is 5.97 Å². The molecule has 1 aromatic rings. The molecule has 0 N–H and O–H groups in total. The van der Waals surface area contributed by atoms with E-state index in [9.17, 15) is 4.79 Å². The third kappa shape index (κ3) is 4.75. The molecule has 21 heavy (non-hydrogen) atoms. The predicted molar refractivity (Wildman–Crippen MR) is 81.6 cm³/mol. The summed E-state index contributed by atoms with van der Waals surface area (Å²) >= 11 is 0. The van der Waals surface area contributed by atoms with E-state index < -0.39 is 0 Å². The molecule has 1 aliphatic rings. The van der Waals surface area contributed by atoms with E-state index >= 15 is 0 Å². The zero-order valence-corrected chi connectivity index (χ0v) is 12.4. The van der Waals surface area contributed by atoms with Gasteiger partial charge in [0.2, 0.25) is 0 Å². The molecule has 0 saturated heterocycles. The lowest BCUT2D eigenvalue weighted by Crippen LogP contribution is -2.12. The number of nitrogens with zero attached hydrogens (tertiary/aromatic N) is 1. The van der Waals surface area contributed by atoms with E-state index in [1.807, 2.05) is 18.2 Å². The molecule has 0 radical (unpaired) electrons. The van der Waals surface area contributed by atoms with E-state index in [-0.39, 0.29) is 5.97 Å². The van der Waals surface area contributed by atoms with Crippen molar-refractivity contribution in [1.82, 2.24) is 0 Å². The van der Waals surface area contributed by atoms with Crippen LogP contribution in [0.1, 0.15) is 49.7 Å². The van der Waals surface area contributed by atoms with Crippen LogP contribution in [0.3, 0.4) is 0 Å². The number of nitriles is 1. The summed E-state index contributed by atoms with van der Waals surface area (Å²) in [5, 5.41) is 8.82. The molecule has 1 fully saturated rings. The van der Waals surface area contributed by atoms with Crippen molar-refractivity contribution in [3.05, 3.63) is 47.5 Å². The van der Waals surface area contributed by atoms with Crippen molar-refractivity contribution in [1.29, 1.82) is 5.26 Å². The van der Waals surface area contributed by atoms with E-state index in [1.165, 1.54) is 38.2 Å². The number of hydrogen-bond acceptors (Lipinski definition) is 3. The summed E-state index contributed by atoms with van der Waals surface area (Å²) in [6, 6.07) is 10.1. The number of ether oxygens (including phenoxy) is 1. The number of benzene rings is 1. The Morgan fingerprint density at radius 1 is 1.29 bits per heavy atom. The van der Waals surface area contributed by atoms with Gasteiger partial charge < -0.3 is 4.74 Å². The average Bonchev–Trinajstić information content (AvgIpc) is 2.52. The third-order valence-corrected chi connectivity index (χ3v) is 4.07. The van der Waals surface area contributed by atoms with Gasteiger partial charge in [-0.2, -0.15) is 5.26 Å². The lowest BCUT2D eigenvalue weighted by atomic mass is 9.78. The molecule has 0 amide bonds. The molecular weight excluding hydrogens is 262 g/mol. The molecule has 0 aromatic heterocycles. The maximum absolute atomic E-state index is 10.7. The highest BCUT2D eigenvalue weighted by molar-refractivity contribution is 5.65. The number of esters is 1. The standard InChI is InChI=1S/C18H21NO2/c1-14(20)21-12-2-3-15-4-8-17(9-5-15)18-10-6-16(13-19)7-11-18/h2-3,6-7,10-11,15,17H,4-5,8-9,12H2,1H3/b3-2+/t15-,17-. The number of hydrogen-bond donors (Lipinski definition) is 0. The molecule has 0 unspecified atom stereocenters. The van der Waals surface area contributed by atoms with E-state index in [1.54, 1.807) is 0 Å². The topological polar surface area (TPSA) is 50.1 Å². The van der Waals surface area contributed by atoms with Crippen LogP contribution in [-0.4, -0.2) is 12.6 Å². The van der Waals surface area contributed by atoms with Crippen molar-refractivity contribution in [3.63, 3.8) is 0 Å². The van der Waals surface area contributed by atoms with Gasteiger partial charge in [-0.3, -0.25) is 4.79 Å². The molecule has 2 rings (SSSR count). The lowest BCUT2D eigenvalue weighted by Gasteiger charge is -2.27. The predicted octanol–water partition coefficient (Wildman–Crippen LogP) is 3.95. The Kier molecular flexibility index (Phi) is 5.57. The van der Waals surface area contributed by atoms with Gasteiger partial charge in [-0.25, -0.2) is 0 Å². The first kappa shape index (κ1) is 15.3. The number of carbonyl (C=O) groups excluding carboxylic acids is 1. The second-order valence-corrected chi connectivity index (χ2v) is 5.58. The summed E-state index contributed by atoms with van der Waals surface area (Å²) in [4.78, 5) is 10.7. The van der Waals surface area contributed by atoms with Crippen molar-refractivity contribution < 1.29 is 9.53 Å². The Morgan fingerprint density at radius 2 is 1.95 bits per heavy atom. The van der Waals surface area contributed by atoms with E-state index in [4.69, 9.17) is 10.00 Å². The van der Waals surface area contributed by atoms with Gasteiger partial charge in [0.05, 0.1) is 11.6 Å². The molecule has 1 aromatic carbocycles. The molecule has 0 spiro atoms. The number of rotatable bonds is 4. The van der Waals surface area contributed by atoms with Crippen molar-refractivity contribution in [3.8, 4) is 6.07 Å². The second kappa shape index (κ2) is 7.64. The fraction of sp³-hybridized carbons (Fsp3) is 0.444. The van der Waals surface area contributed by atoms with Crippen LogP contribution in [0, 0.1) is 17.2 Å². The monoisotopic (exact) mass is 283 g/mol. The summed E-state index contributed by atoms with van der Waals surface area (Å²) in [5.74, 6) is 0.968. The van der Waals surface area contributed by atoms with Gasteiger partial charge in [-0.1, -0.05) is 24.3 Å². The van der Waals surface area contributed by atoms with Crippen molar-refractivity contribution >= 4 is 5.97 Å². The van der Waals surface area contributed by atoms with Gasteiger partial charge in [0.25, 0.3) is 0 Å². The Hall–Kier alpha value is -2.08. The van der Waals surface area contributed by atoms with Crippen LogP contribution >= 0.6 is 0 Å². The SMILES string of the molecule is CC(=O)OC/C=C/[C@H]1CC[C@H](c2ccc(C#N)cc2)CC1. The Balaban J connectivity index is 1.80. The van der Waals surface area contributed by atoms with Gasteiger partial charge in [0, 0.05) is 6.92 Å². The summed E-state index contributed by atoms with van der Waals surface area (Å²) in [6.45, 7) is 1.81. The first-order chi connectivity index (χ1) is 10.2. The summed E-state index contributed by atoms with van der Waals surface area (Å²) in [6.07, 6.45) is 8.82. The van der Waals surface area contributed by atoms with E-state index in [0.29, 0.717) is 18.4 Å². The molecule has 0 heterocycles. The number of allylic oxidation sites excluding steroid dienone is 1. The molecule has 110 valence electrons. The molecule has 0 bridgehead atoms. The highest BCUT2D eigenvalue weighted by Gasteiger charge is 2.20. The van der Waals surface area contributed by atoms with Gasteiger partial charge in [0.15, 0.2) is 0 Å². The zero-order valence-electron chi connectivity index (χ0n) is 12.4. The van der Waals surface area contributed by atoms with Crippen molar-refractivity contribution in [2.75, 3.05) is 6.61 Å². The molecule has 3 nitrogen and oxygen atoms in total. The van der Waals surface area contributed by atoms with E-state index in [2.05, 4.69) is 24.3 Å². The quantitative estimate of drug-likeness (QED) is 0.621. The normalized spacial score (nSPS) is 21.9. The van der Waals surface area contributed by atoms with E-state index in [0.717, 1.165) is 5.56 Å². The Bertz CT molecular complexity index is 531. The number of carbonyl (C=O) groups is 1. The van der Waals surface area contributed by atoms with Gasteiger partial charge in [-0.15, -0.1) is 0 Å². The smallest absolute Gasteiger partial charge is 0.302 e. The molecular formula is C18H21NO2.